The Morgan fingerprint density at radius 1 is 1.61 bits per heavy atom. The Labute approximate surface area is 110 Å². The molecule has 2 amide bonds. The third-order valence-electron chi connectivity index (χ3n) is 2.54. The molecule has 1 fully saturated rings. The monoisotopic (exact) mass is 274 g/mol. The summed E-state index contributed by atoms with van der Waals surface area (Å²) >= 11 is 1.74. The molecule has 0 aliphatic carbocycles. The van der Waals surface area contributed by atoms with Crippen molar-refractivity contribution in [3.8, 4) is 0 Å². The lowest BCUT2D eigenvalue weighted by molar-refractivity contribution is -0.197. The molecule has 0 saturated carbocycles. The number of thioether (sulfide) groups is 1. The second-order valence-electron chi connectivity index (χ2n) is 4.10. The molecule has 0 radical (unpaired) electrons. The van der Waals surface area contributed by atoms with Gasteiger partial charge in [0.25, 0.3) is 11.8 Å². The molecular weight excluding hydrogens is 256 g/mol. The van der Waals surface area contributed by atoms with Crippen molar-refractivity contribution in [2.24, 2.45) is 5.73 Å². The van der Waals surface area contributed by atoms with Crippen LogP contribution in [0.25, 0.3) is 0 Å². The molecule has 0 spiro atoms. The minimum Gasteiger partial charge on any atom is -0.330 e. The molecule has 2 unspecified atom stereocenters. The minimum absolute atomic E-state index is 0.103. The topological polar surface area (TPSA) is 89.7 Å². The second-order valence-corrected chi connectivity index (χ2v) is 5.82. The highest BCUT2D eigenvalue weighted by atomic mass is 32.2. The van der Waals surface area contributed by atoms with Crippen molar-refractivity contribution in [1.82, 2.24) is 5.06 Å². The maximum absolute atomic E-state index is 11.5. The standard InChI is InChI=1S/C11H18N2O4S/c1-3-18-7(2)4-5-10(15)17-13-9(14)6-8(12)11(13)16/h7-8H,3-6,12H2,1-2H3. The van der Waals surface area contributed by atoms with Crippen LogP contribution in [0.2, 0.25) is 0 Å². The fourth-order valence-electron chi connectivity index (χ4n) is 1.56. The molecule has 18 heavy (non-hydrogen) atoms. The Morgan fingerprint density at radius 3 is 2.78 bits per heavy atom. The van der Waals surface area contributed by atoms with E-state index in [1.807, 2.05) is 13.8 Å². The fourth-order valence-corrected chi connectivity index (χ4v) is 2.42. The van der Waals surface area contributed by atoms with Gasteiger partial charge in [0.1, 0.15) is 0 Å². The average Bonchev–Trinajstić information content (AvgIpc) is 2.54. The molecule has 0 bridgehead atoms. The zero-order valence-electron chi connectivity index (χ0n) is 10.5. The van der Waals surface area contributed by atoms with E-state index in [1.54, 1.807) is 11.8 Å². The predicted octanol–water partition coefficient (Wildman–Crippen LogP) is 0.453. The van der Waals surface area contributed by atoms with Crippen LogP contribution >= 0.6 is 11.8 Å². The van der Waals surface area contributed by atoms with E-state index in [4.69, 9.17) is 10.6 Å². The number of carbonyl (C=O) groups excluding carboxylic acids is 3. The van der Waals surface area contributed by atoms with E-state index in [-0.39, 0.29) is 12.8 Å². The summed E-state index contributed by atoms with van der Waals surface area (Å²) in [5.74, 6) is -0.802. The minimum atomic E-state index is -0.889. The van der Waals surface area contributed by atoms with Gasteiger partial charge in [0, 0.05) is 11.7 Å². The van der Waals surface area contributed by atoms with Gasteiger partial charge in [-0.3, -0.25) is 9.59 Å². The van der Waals surface area contributed by atoms with Crippen LogP contribution in [-0.2, 0) is 19.2 Å². The van der Waals surface area contributed by atoms with E-state index in [0.29, 0.717) is 16.7 Å². The summed E-state index contributed by atoms with van der Waals surface area (Å²) in [6.45, 7) is 4.06. The Balaban J connectivity index is 2.36. The largest absolute Gasteiger partial charge is 0.333 e. The highest BCUT2D eigenvalue weighted by molar-refractivity contribution is 7.99. The Kier molecular flexibility index (Phi) is 5.61. The van der Waals surface area contributed by atoms with E-state index in [9.17, 15) is 14.4 Å². The molecule has 1 aliphatic rings. The summed E-state index contributed by atoms with van der Waals surface area (Å²) in [5.41, 5.74) is 5.39. The maximum Gasteiger partial charge on any atom is 0.333 e. The number of rotatable bonds is 6. The van der Waals surface area contributed by atoms with Gasteiger partial charge in [-0.25, -0.2) is 4.79 Å². The first kappa shape index (κ1) is 15.0. The molecule has 0 aromatic carbocycles. The summed E-state index contributed by atoms with van der Waals surface area (Å²) in [6, 6.07) is -0.889. The molecule has 0 aromatic rings. The average molecular weight is 274 g/mol. The molecule has 2 N–H and O–H groups in total. The van der Waals surface area contributed by atoms with Crippen molar-refractivity contribution in [3.63, 3.8) is 0 Å². The van der Waals surface area contributed by atoms with E-state index < -0.39 is 23.8 Å². The fraction of sp³-hybridized carbons (Fsp3) is 0.727. The lowest BCUT2D eigenvalue weighted by atomic mass is 10.2. The third-order valence-corrected chi connectivity index (χ3v) is 3.68. The zero-order chi connectivity index (χ0) is 13.7. The van der Waals surface area contributed by atoms with Crippen LogP contribution < -0.4 is 5.73 Å². The lowest BCUT2D eigenvalue weighted by Gasteiger charge is -2.14. The van der Waals surface area contributed by atoms with Crippen molar-refractivity contribution in [2.75, 3.05) is 5.75 Å². The van der Waals surface area contributed by atoms with Crippen LogP contribution in [0.4, 0.5) is 0 Å². The van der Waals surface area contributed by atoms with Crippen molar-refractivity contribution in [2.45, 2.75) is 44.4 Å². The van der Waals surface area contributed by atoms with Crippen LogP contribution in [-0.4, -0.2) is 39.9 Å². The molecule has 2 atom stereocenters. The number of carbonyl (C=O) groups is 3. The van der Waals surface area contributed by atoms with Crippen LogP contribution in [0.1, 0.15) is 33.1 Å². The predicted molar refractivity (Wildman–Crippen MR) is 67.4 cm³/mol. The van der Waals surface area contributed by atoms with E-state index in [0.717, 1.165) is 5.75 Å². The van der Waals surface area contributed by atoms with E-state index in [1.165, 1.54) is 0 Å². The molecule has 1 aliphatic heterocycles. The zero-order valence-corrected chi connectivity index (χ0v) is 11.4. The molecule has 6 nitrogen and oxygen atoms in total. The quantitative estimate of drug-likeness (QED) is 0.707. The normalized spacial score (nSPS) is 21.3. The second kappa shape index (κ2) is 6.75. The van der Waals surface area contributed by atoms with Crippen LogP contribution in [0.15, 0.2) is 0 Å². The molecule has 7 heteroatoms. The van der Waals surface area contributed by atoms with Gasteiger partial charge in [-0.05, 0) is 12.2 Å². The van der Waals surface area contributed by atoms with Gasteiger partial charge in [-0.1, -0.05) is 13.8 Å². The van der Waals surface area contributed by atoms with E-state index in [2.05, 4.69) is 0 Å². The van der Waals surface area contributed by atoms with Gasteiger partial charge in [0.05, 0.1) is 12.5 Å². The van der Waals surface area contributed by atoms with Crippen LogP contribution in [0.5, 0.6) is 0 Å². The number of hydroxylamine groups is 2. The molecule has 0 aromatic heterocycles. The highest BCUT2D eigenvalue weighted by Gasteiger charge is 2.39. The Bertz CT molecular complexity index is 348. The van der Waals surface area contributed by atoms with Gasteiger partial charge >= 0.3 is 5.97 Å². The van der Waals surface area contributed by atoms with Crippen molar-refractivity contribution in [3.05, 3.63) is 0 Å². The smallest absolute Gasteiger partial charge is 0.330 e. The summed E-state index contributed by atoms with van der Waals surface area (Å²) in [7, 11) is 0. The number of hydrogen-bond donors (Lipinski definition) is 1. The number of nitrogens with two attached hydrogens (primary N) is 1. The first-order chi connectivity index (χ1) is 8.45. The number of imide groups is 1. The van der Waals surface area contributed by atoms with Gasteiger partial charge < -0.3 is 10.6 Å². The van der Waals surface area contributed by atoms with E-state index >= 15 is 0 Å². The van der Waals surface area contributed by atoms with Gasteiger partial charge in [0.2, 0.25) is 0 Å². The number of hydrogen-bond acceptors (Lipinski definition) is 6. The Hall–Kier alpha value is -1.08. The maximum atomic E-state index is 11.5. The molecule has 1 heterocycles. The summed E-state index contributed by atoms with van der Waals surface area (Å²) < 4.78 is 0. The Morgan fingerprint density at radius 2 is 2.28 bits per heavy atom. The number of amides is 2. The van der Waals surface area contributed by atoms with Crippen molar-refractivity contribution in [1.29, 1.82) is 0 Å². The summed E-state index contributed by atoms with van der Waals surface area (Å²) in [5, 5.41) is 0.833. The summed E-state index contributed by atoms with van der Waals surface area (Å²) in [4.78, 5) is 38.9. The molecule has 102 valence electrons. The van der Waals surface area contributed by atoms with Crippen molar-refractivity contribution < 1.29 is 19.2 Å². The van der Waals surface area contributed by atoms with Gasteiger partial charge in [-0.2, -0.15) is 11.8 Å². The van der Waals surface area contributed by atoms with Crippen LogP contribution in [0, 0.1) is 0 Å². The van der Waals surface area contributed by atoms with Crippen LogP contribution in [0.3, 0.4) is 0 Å². The first-order valence-corrected chi connectivity index (χ1v) is 6.95. The lowest BCUT2D eigenvalue weighted by Crippen LogP contribution is -2.37. The third kappa shape index (κ3) is 3.99. The SMILES string of the molecule is CCSC(C)CCC(=O)ON1C(=O)CC(N)C1=O. The highest BCUT2D eigenvalue weighted by Crippen LogP contribution is 2.17. The number of nitrogens with zero attached hydrogens (tertiary/aromatic N) is 1. The molecule has 1 saturated heterocycles. The molecule has 1 rings (SSSR count). The molecular formula is C11H18N2O4S. The van der Waals surface area contributed by atoms with Gasteiger partial charge in [0.15, 0.2) is 0 Å². The first-order valence-electron chi connectivity index (χ1n) is 5.90. The summed E-state index contributed by atoms with van der Waals surface area (Å²) in [6.07, 6.45) is 0.730. The van der Waals surface area contributed by atoms with Gasteiger partial charge in [-0.15, -0.1) is 5.06 Å². The van der Waals surface area contributed by atoms with Crippen molar-refractivity contribution >= 4 is 29.5 Å².